The first-order valence-corrected chi connectivity index (χ1v) is 6.76. The Morgan fingerprint density at radius 3 is 2.48 bits per heavy atom. The lowest BCUT2D eigenvalue weighted by atomic mass is 9.99. The van der Waals surface area contributed by atoms with Gasteiger partial charge in [0.2, 0.25) is 5.91 Å². The van der Waals surface area contributed by atoms with E-state index < -0.39 is 17.9 Å². The first kappa shape index (κ1) is 16.7. The normalized spacial score (nSPS) is 13.1. The molecule has 0 aliphatic rings. The minimum absolute atomic E-state index is 0.176. The van der Waals surface area contributed by atoms with Crippen LogP contribution in [0.1, 0.15) is 37.6 Å². The molecule has 0 aliphatic heterocycles. The van der Waals surface area contributed by atoms with Gasteiger partial charge in [0.15, 0.2) is 0 Å². The van der Waals surface area contributed by atoms with Crippen LogP contribution in [0.4, 0.5) is 5.69 Å². The van der Waals surface area contributed by atoms with Crippen molar-refractivity contribution in [3.8, 4) is 0 Å². The Bertz CT molecular complexity index is 542. The second kappa shape index (κ2) is 7.42. The summed E-state index contributed by atoms with van der Waals surface area (Å²) in [7, 11) is 0. The fourth-order valence-electron chi connectivity index (χ4n) is 1.85. The van der Waals surface area contributed by atoms with E-state index in [1.165, 1.54) is 13.0 Å². The molecule has 6 heteroatoms. The third-order valence-electron chi connectivity index (χ3n) is 3.21. The van der Waals surface area contributed by atoms with E-state index in [2.05, 4.69) is 10.6 Å². The summed E-state index contributed by atoms with van der Waals surface area (Å²) in [5, 5.41) is 14.3. The van der Waals surface area contributed by atoms with Gasteiger partial charge in [-0.2, -0.15) is 0 Å². The highest BCUT2D eigenvalue weighted by Crippen LogP contribution is 2.13. The van der Waals surface area contributed by atoms with Gasteiger partial charge in [-0.25, -0.2) is 4.79 Å². The van der Waals surface area contributed by atoms with Gasteiger partial charge in [-0.3, -0.25) is 9.59 Å². The number of amides is 2. The van der Waals surface area contributed by atoms with Crippen molar-refractivity contribution >= 4 is 23.5 Å². The highest BCUT2D eigenvalue weighted by molar-refractivity contribution is 5.98. The van der Waals surface area contributed by atoms with Crippen LogP contribution in [-0.2, 0) is 9.59 Å². The van der Waals surface area contributed by atoms with Gasteiger partial charge in [-0.1, -0.05) is 26.3 Å². The third kappa shape index (κ3) is 4.91. The molecule has 0 spiro atoms. The Labute approximate surface area is 123 Å². The molecule has 0 saturated heterocycles. The van der Waals surface area contributed by atoms with E-state index in [4.69, 9.17) is 0 Å². The molecule has 3 N–H and O–H groups in total. The zero-order chi connectivity index (χ0) is 16.0. The Morgan fingerprint density at radius 2 is 1.95 bits per heavy atom. The Hall–Kier alpha value is -2.37. The SMILES string of the molecule is CCC(C)[C@H](NC(=O)c1cccc(NC(C)=O)c1)C(=O)O. The van der Waals surface area contributed by atoms with Crippen LogP contribution in [-0.4, -0.2) is 28.9 Å². The Balaban J connectivity index is 2.87. The van der Waals surface area contributed by atoms with E-state index >= 15 is 0 Å². The maximum atomic E-state index is 12.1. The van der Waals surface area contributed by atoms with Crippen LogP contribution in [0.15, 0.2) is 24.3 Å². The topological polar surface area (TPSA) is 95.5 Å². The molecule has 1 aromatic rings. The molecule has 0 fully saturated rings. The van der Waals surface area contributed by atoms with Crippen LogP contribution in [0.2, 0.25) is 0 Å². The average molecular weight is 292 g/mol. The lowest BCUT2D eigenvalue weighted by molar-refractivity contribution is -0.140. The summed E-state index contributed by atoms with van der Waals surface area (Å²) in [6.07, 6.45) is 0.642. The molecule has 1 unspecified atom stereocenters. The number of nitrogens with one attached hydrogen (secondary N) is 2. The van der Waals surface area contributed by atoms with E-state index in [1.807, 2.05) is 6.92 Å². The highest BCUT2D eigenvalue weighted by Gasteiger charge is 2.25. The average Bonchev–Trinajstić information content (AvgIpc) is 2.42. The molecule has 1 rings (SSSR count). The summed E-state index contributed by atoms with van der Waals surface area (Å²) in [4.78, 5) is 34.3. The van der Waals surface area contributed by atoms with E-state index in [0.717, 1.165) is 0 Å². The van der Waals surface area contributed by atoms with Gasteiger partial charge >= 0.3 is 5.97 Å². The molecule has 0 bridgehead atoms. The van der Waals surface area contributed by atoms with Crippen LogP contribution in [0, 0.1) is 5.92 Å². The van der Waals surface area contributed by atoms with Gasteiger partial charge in [0.25, 0.3) is 5.91 Å². The number of hydrogen-bond acceptors (Lipinski definition) is 3. The van der Waals surface area contributed by atoms with Crippen molar-refractivity contribution in [1.29, 1.82) is 0 Å². The molecule has 0 aliphatic carbocycles. The van der Waals surface area contributed by atoms with Gasteiger partial charge < -0.3 is 15.7 Å². The molecule has 0 saturated carbocycles. The highest BCUT2D eigenvalue weighted by atomic mass is 16.4. The summed E-state index contributed by atoms with van der Waals surface area (Å²) in [5.74, 6) is -1.95. The van der Waals surface area contributed by atoms with Crippen LogP contribution in [0.3, 0.4) is 0 Å². The van der Waals surface area contributed by atoms with E-state index in [-0.39, 0.29) is 11.8 Å². The summed E-state index contributed by atoms with van der Waals surface area (Å²) in [6, 6.07) is 5.41. The summed E-state index contributed by atoms with van der Waals surface area (Å²) >= 11 is 0. The fraction of sp³-hybridized carbons (Fsp3) is 0.400. The van der Waals surface area contributed by atoms with E-state index in [0.29, 0.717) is 17.7 Å². The molecule has 2 amide bonds. The quantitative estimate of drug-likeness (QED) is 0.746. The molecule has 1 aromatic carbocycles. The molecule has 0 aromatic heterocycles. The number of carboxylic acids is 1. The first-order valence-electron chi connectivity index (χ1n) is 6.76. The Kier molecular flexibility index (Phi) is 5.90. The smallest absolute Gasteiger partial charge is 0.326 e. The van der Waals surface area contributed by atoms with Crippen molar-refractivity contribution in [2.45, 2.75) is 33.2 Å². The van der Waals surface area contributed by atoms with Crippen molar-refractivity contribution in [3.05, 3.63) is 29.8 Å². The van der Waals surface area contributed by atoms with Crippen molar-refractivity contribution in [3.63, 3.8) is 0 Å². The lowest BCUT2D eigenvalue weighted by Crippen LogP contribution is -2.45. The van der Waals surface area contributed by atoms with Crippen molar-refractivity contribution in [2.24, 2.45) is 5.92 Å². The largest absolute Gasteiger partial charge is 0.480 e. The summed E-state index contributed by atoms with van der Waals surface area (Å²) in [6.45, 7) is 5.01. The standard InChI is InChI=1S/C15H20N2O4/c1-4-9(2)13(15(20)21)17-14(19)11-6-5-7-12(8-11)16-10(3)18/h5-9,13H,4H2,1-3H3,(H,16,18)(H,17,19)(H,20,21)/t9?,13-/m0/s1. The number of anilines is 1. The lowest BCUT2D eigenvalue weighted by Gasteiger charge is -2.20. The molecule has 0 radical (unpaired) electrons. The van der Waals surface area contributed by atoms with Gasteiger partial charge in [0, 0.05) is 18.2 Å². The number of hydrogen-bond donors (Lipinski definition) is 3. The first-order chi connectivity index (χ1) is 9.85. The van der Waals surface area contributed by atoms with Gasteiger partial charge in [-0.15, -0.1) is 0 Å². The molecular formula is C15H20N2O4. The second-order valence-electron chi connectivity index (χ2n) is 4.94. The van der Waals surface area contributed by atoms with Gasteiger partial charge in [0.05, 0.1) is 0 Å². The number of rotatable bonds is 6. The third-order valence-corrected chi connectivity index (χ3v) is 3.21. The maximum Gasteiger partial charge on any atom is 0.326 e. The van der Waals surface area contributed by atoms with Crippen molar-refractivity contribution < 1.29 is 19.5 Å². The number of carbonyl (C=O) groups excluding carboxylic acids is 2. The van der Waals surface area contributed by atoms with Crippen LogP contribution in [0.25, 0.3) is 0 Å². The molecule has 2 atom stereocenters. The molecule has 0 heterocycles. The fourth-order valence-corrected chi connectivity index (χ4v) is 1.85. The zero-order valence-corrected chi connectivity index (χ0v) is 12.3. The number of carboxylic acid groups (broad SMARTS) is 1. The van der Waals surface area contributed by atoms with Crippen LogP contribution >= 0.6 is 0 Å². The van der Waals surface area contributed by atoms with E-state index in [9.17, 15) is 19.5 Å². The van der Waals surface area contributed by atoms with Crippen molar-refractivity contribution in [1.82, 2.24) is 5.32 Å². The minimum atomic E-state index is -1.06. The molecular weight excluding hydrogens is 272 g/mol. The van der Waals surface area contributed by atoms with Crippen LogP contribution in [0.5, 0.6) is 0 Å². The molecule has 6 nitrogen and oxygen atoms in total. The minimum Gasteiger partial charge on any atom is -0.480 e. The van der Waals surface area contributed by atoms with E-state index in [1.54, 1.807) is 25.1 Å². The summed E-state index contributed by atoms with van der Waals surface area (Å²) < 4.78 is 0. The van der Waals surface area contributed by atoms with Gasteiger partial charge in [0.1, 0.15) is 6.04 Å². The molecule has 21 heavy (non-hydrogen) atoms. The Morgan fingerprint density at radius 1 is 1.29 bits per heavy atom. The number of benzene rings is 1. The van der Waals surface area contributed by atoms with Crippen LogP contribution < -0.4 is 10.6 Å². The predicted molar refractivity (Wildman–Crippen MR) is 79.1 cm³/mol. The summed E-state index contributed by atoms with van der Waals surface area (Å²) in [5.41, 5.74) is 0.793. The second-order valence-corrected chi connectivity index (χ2v) is 4.94. The predicted octanol–water partition coefficient (Wildman–Crippen LogP) is 1.87. The van der Waals surface area contributed by atoms with Gasteiger partial charge in [-0.05, 0) is 24.1 Å². The number of carbonyl (C=O) groups is 3. The zero-order valence-electron chi connectivity index (χ0n) is 12.3. The monoisotopic (exact) mass is 292 g/mol. The van der Waals surface area contributed by atoms with Crippen molar-refractivity contribution in [2.75, 3.05) is 5.32 Å². The maximum absolute atomic E-state index is 12.1. The number of aliphatic carboxylic acids is 1. The molecule has 114 valence electrons.